The lowest BCUT2D eigenvalue weighted by Gasteiger charge is -2.39. The molecule has 0 aliphatic rings. The van der Waals surface area contributed by atoms with Crippen LogP contribution in [0.3, 0.4) is 0 Å². The van der Waals surface area contributed by atoms with Gasteiger partial charge in [0.25, 0.3) is 0 Å². The minimum Gasteiger partial charge on any atom is -0.394 e. The Morgan fingerprint density at radius 3 is 1.88 bits per heavy atom. The van der Waals surface area contributed by atoms with E-state index < -0.39 is 15.8 Å². The Kier molecular flexibility index (Phi) is 12.6. The van der Waals surface area contributed by atoms with Crippen LogP contribution in [0.5, 0.6) is 0 Å². The van der Waals surface area contributed by atoms with Crippen molar-refractivity contribution in [1.29, 1.82) is 0 Å². The Labute approximate surface area is 165 Å². The summed E-state index contributed by atoms with van der Waals surface area (Å²) in [6, 6.07) is 5.12. The Hall–Kier alpha value is 0.704. The lowest BCUT2D eigenvalue weighted by molar-refractivity contribution is 0.145. The molecule has 2 atom stereocenters. The van der Waals surface area contributed by atoms with Crippen molar-refractivity contribution >= 4 is 27.0 Å². The van der Waals surface area contributed by atoms with Crippen LogP contribution >= 0.6 is 11.2 Å². The second-order valence-electron chi connectivity index (χ2n) is 8.77. The van der Waals surface area contributed by atoms with Gasteiger partial charge in [0.2, 0.25) is 0 Å². The largest absolute Gasteiger partial charge is 0.394 e. The third kappa shape index (κ3) is 10.6. The molecule has 0 heterocycles. The molecule has 0 radical (unpaired) electrons. The first-order valence-electron chi connectivity index (χ1n) is 10.6. The summed E-state index contributed by atoms with van der Waals surface area (Å²) in [5, 5.41) is 0. The molecule has 0 fully saturated rings. The zero-order chi connectivity index (χ0) is 19.6. The molecule has 0 saturated carbocycles. The van der Waals surface area contributed by atoms with Gasteiger partial charge in [0.05, 0.1) is 5.44 Å². The van der Waals surface area contributed by atoms with E-state index in [-0.39, 0.29) is 5.41 Å². The first-order chi connectivity index (χ1) is 11.6. The highest BCUT2D eigenvalue weighted by Crippen LogP contribution is 2.40. The van der Waals surface area contributed by atoms with Gasteiger partial charge in [-0.3, -0.25) is 0 Å². The third-order valence-electron chi connectivity index (χ3n) is 4.98. The van der Waals surface area contributed by atoms with Crippen LogP contribution in [0, 0.1) is 5.41 Å². The van der Waals surface area contributed by atoms with Crippen molar-refractivity contribution in [2.75, 3.05) is 6.61 Å². The van der Waals surface area contributed by atoms with Gasteiger partial charge in [-0.15, -0.1) is 0 Å². The van der Waals surface area contributed by atoms with Crippen molar-refractivity contribution in [2.24, 2.45) is 5.41 Å². The summed E-state index contributed by atoms with van der Waals surface area (Å²) >= 11 is 2.23. The summed E-state index contributed by atoms with van der Waals surface area (Å²) < 4.78 is 13.3. The van der Waals surface area contributed by atoms with Crippen molar-refractivity contribution in [3.05, 3.63) is 0 Å². The lowest BCUT2D eigenvalue weighted by Crippen LogP contribution is -2.46. The molecule has 0 spiro atoms. The average Bonchev–Trinajstić information content (AvgIpc) is 2.51. The minimum absolute atomic E-state index is 0.253. The molecule has 0 aromatic rings. The summed E-state index contributed by atoms with van der Waals surface area (Å²) in [4.78, 5) is 0. The van der Waals surface area contributed by atoms with Gasteiger partial charge >= 0.3 is 8.56 Å². The van der Waals surface area contributed by atoms with Crippen LogP contribution < -0.4 is 0 Å². The first-order valence-corrected chi connectivity index (χ1v) is 17.3. The fraction of sp³-hybridized carbons (Fsp3) is 1.00. The molecule has 0 aliphatic carbocycles. The monoisotopic (exact) mass is 406 g/mol. The molecule has 152 valence electrons. The predicted molar refractivity (Wildman–Crippen MR) is 121 cm³/mol. The number of hydrogen-bond acceptors (Lipinski definition) is 3. The molecule has 0 bridgehead atoms. The minimum atomic E-state index is -2.16. The zero-order valence-electron chi connectivity index (χ0n) is 18.7. The molecular weight excluding hydrogens is 360 g/mol. The van der Waals surface area contributed by atoms with E-state index in [1.54, 1.807) is 0 Å². The number of rotatable bonds is 14. The summed E-state index contributed by atoms with van der Waals surface area (Å²) in [5.74, 6) is 0. The quantitative estimate of drug-likeness (QED) is 0.166. The molecule has 2 nitrogen and oxygen atoms in total. The van der Waals surface area contributed by atoms with Crippen molar-refractivity contribution < 1.29 is 8.85 Å². The normalized spacial score (nSPS) is 16.7. The predicted octanol–water partition coefficient (Wildman–Crippen LogP) is 7.80. The fourth-order valence-corrected chi connectivity index (χ4v) is 14.6. The molecule has 2 unspecified atom stereocenters. The van der Waals surface area contributed by atoms with Gasteiger partial charge in [0.1, 0.15) is 7.22 Å². The molecule has 0 amide bonds. The van der Waals surface area contributed by atoms with Gasteiger partial charge in [0.15, 0.2) is 0 Å². The second-order valence-corrected chi connectivity index (χ2v) is 20.5. The van der Waals surface area contributed by atoms with E-state index in [4.69, 9.17) is 8.85 Å². The van der Waals surface area contributed by atoms with Crippen LogP contribution in [0.2, 0.25) is 30.7 Å². The van der Waals surface area contributed by atoms with Crippen LogP contribution in [-0.2, 0) is 8.85 Å². The highest BCUT2D eigenvalue weighted by atomic mass is 32.4. The van der Waals surface area contributed by atoms with Crippen LogP contribution in [0.25, 0.3) is 0 Å². The van der Waals surface area contributed by atoms with Crippen molar-refractivity contribution in [1.82, 2.24) is 0 Å². The topological polar surface area (TPSA) is 18.5 Å². The number of unbranched alkanes of at least 4 members (excludes halogenated alkanes) is 1. The van der Waals surface area contributed by atoms with Crippen molar-refractivity contribution in [3.63, 3.8) is 0 Å². The molecule has 0 aliphatic heterocycles. The summed E-state index contributed by atoms with van der Waals surface area (Å²) in [5.41, 5.74) is 0.584. The smallest absolute Gasteiger partial charge is 0.336 e. The Bertz CT molecular complexity index is 335. The Balaban J connectivity index is 5.24. The molecule has 5 heteroatoms. The SMILES string of the molecule is CCCCO[Si](C)(CC(C)(C)C)OC(CCC)S[Si](CC)(CC)CC. The first kappa shape index (κ1) is 25.7. The van der Waals surface area contributed by atoms with E-state index in [0.717, 1.165) is 25.5 Å². The molecular formula is C20H46O2SSi2. The van der Waals surface area contributed by atoms with Crippen LogP contribution in [0.15, 0.2) is 0 Å². The molecule has 0 N–H and O–H groups in total. The maximum atomic E-state index is 6.88. The van der Waals surface area contributed by atoms with Crippen LogP contribution in [-0.4, -0.2) is 27.8 Å². The zero-order valence-corrected chi connectivity index (χ0v) is 21.5. The van der Waals surface area contributed by atoms with Gasteiger partial charge in [-0.1, -0.05) is 86.4 Å². The van der Waals surface area contributed by atoms with E-state index >= 15 is 0 Å². The van der Waals surface area contributed by atoms with Crippen molar-refractivity contribution in [2.45, 2.75) is 117 Å². The second kappa shape index (κ2) is 12.2. The standard InChI is InChI=1S/C20H46O2SSi2/c1-10-15-17-21-24(9,18-20(6,7)8)22-19(16-11-2)23-25(12-3,13-4)14-5/h19H,10-18H2,1-9H3. The highest BCUT2D eigenvalue weighted by Gasteiger charge is 2.41. The maximum absolute atomic E-state index is 6.88. The van der Waals surface area contributed by atoms with Gasteiger partial charge in [0, 0.05) is 6.61 Å². The van der Waals surface area contributed by atoms with E-state index in [0.29, 0.717) is 5.44 Å². The Morgan fingerprint density at radius 1 is 0.920 bits per heavy atom. The van der Waals surface area contributed by atoms with Crippen molar-refractivity contribution in [3.8, 4) is 0 Å². The summed E-state index contributed by atoms with van der Waals surface area (Å²) in [7, 11) is -3.41. The molecule has 25 heavy (non-hydrogen) atoms. The van der Waals surface area contributed by atoms with E-state index in [9.17, 15) is 0 Å². The fourth-order valence-electron chi connectivity index (χ4n) is 3.46. The highest BCUT2D eigenvalue weighted by molar-refractivity contribution is 8.29. The maximum Gasteiger partial charge on any atom is 0.336 e. The van der Waals surface area contributed by atoms with Crippen LogP contribution in [0.4, 0.5) is 0 Å². The lowest BCUT2D eigenvalue weighted by atomic mass is 10.0. The van der Waals surface area contributed by atoms with E-state index in [1.807, 2.05) is 0 Å². The van der Waals surface area contributed by atoms with E-state index in [2.05, 4.69) is 73.1 Å². The summed E-state index contributed by atoms with van der Waals surface area (Å²) in [6.45, 7) is 21.8. The van der Waals surface area contributed by atoms with E-state index in [1.165, 1.54) is 31.0 Å². The Morgan fingerprint density at radius 2 is 1.48 bits per heavy atom. The average molecular weight is 407 g/mol. The van der Waals surface area contributed by atoms with Gasteiger partial charge < -0.3 is 8.85 Å². The third-order valence-corrected chi connectivity index (χ3v) is 18.3. The van der Waals surface area contributed by atoms with Gasteiger partial charge in [-0.2, -0.15) is 11.2 Å². The van der Waals surface area contributed by atoms with Gasteiger partial charge in [-0.25, -0.2) is 0 Å². The summed E-state index contributed by atoms with van der Waals surface area (Å²) in [6.07, 6.45) is 4.67. The number of hydrogen-bond donors (Lipinski definition) is 0. The molecule has 0 aromatic heterocycles. The molecule has 0 rings (SSSR count). The van der Waals surface area contributed by atoms with Gasteiger partial charge in [-0.05, 0) is 30.8 Å². The molecule has 0 saturated heterocycles. The molecule has 0 aromatic carbocycles. The van der Waals surface area contributed by atoms with Crippen LogP contribution in [0.1, 0.15) is 81.1 Å².